The van der Waals surface area contributed by atoms with Crippen LogP contribution in [0.15, 0.2) is 43.0 Å². The molecule has 0 heterocycles. The molecule has 1 aliphatic rings. The first-order valence-corrected chi connectivity index (χ1v) is 7.65. The monoisotopic (exact) mass is 338 g/mol. The van der Waals surface area contributed by atoms with E-state index in [0.29, 0.717) is 5.56 Å². The van der Waals surface area contributed by atoms with E-state index < -0.39 is 34.6 Å². The summed E-state index contributed by atoms with van der Waals surface area (Å²) in [6.07, 6.45) is 1.35. The van der Waals surface area contributed by atoms with Gasteiger partial charge in [-0.25, -0.2) is 0 Å². The maximum absolute atomic E-state index is 12.7. The first-order valence-electron chi connectivity index (χ1n) is 7.65. The largest absolute Gasteiger partial charge is 0.468 e. The van der Waals surface area contributed by atoms with E-state index in [4.69, 9.17) is 9.47 Å². The fourth-order valence-corrected chi connectivity index (χ4v) is 3.86. The molecule has 0 spiro atoms. The Bertz CT molecular complexity index is 743. The summed E-state index contributed by atoms with van der Waals surface area (Å²) in [6, 6.07) is 12.6. The molecule has 25 heavy (non-hydrogen) atoms. The van der Waals surface area contributed by atoms with Crippen molar-refractivity contribution in [3.8, 4) is 12.1 Å². The van der Waals surface area contributed by atoms with E-state index in [-0.39, 0.29) is 6.42 Å². The number of methoxy groups -OCH3 is 2. The fraction of sp³-hybridized carbons (Fsp3) is 0.368. The van der Waals surface area contributed by atoms with Crippen LogP contribution in [0.3, 0.4) is 0 Å². The van der Waals surface area contributed by atoms with Crippen molar-refractivity contribution in [3.63, 3.8) is 0 Å². The summed E-state index contributed by atoms with van der Waals surface area (Å²) in [5.74, 6) is -3.40. The van der Waals surface area contributed by atoms with Gasteiger partial charge >= 0.3 is 11.9 Å². The van der Waals surface area contributed by atoms with Crippen molar-refractivity contribution in [2.24, 2.45) is 16.7 Å². The molecule has 2 rings (SSSR count). The molecule has 2 unspecified atom stereocenters. The highest BCUT2D eigenvalue weighted by Crippen LogP contribution is 2.63. The lowest BCUT2D eigenvalue weighted by Gasteiger charge is -2.33. The molecule has 0 aromatic heterocycles. The van der Waals surface area contributed by atoms with Crippen molar-refractivity contribution in [1.82, 2.24) is 0 Å². The zero-order valence-corrected chi connectivity index (χ0v) is 14.1. The minimum atomic E-state index is -1.80. The number of rotatable bonds is 4. The van der Waals surface area contributed by atoms with Crippen molar-refractivity contribution < 1.29 is 19.1 Å². The van der Waals surface area contributed by atoms with Crippen molar-refractivity contribution in [2.75, 3.05) is 14.2 Å². The average molecular weight is 338 g/mol. The minimum Gasteiger partial charge on any atom is -0.468 e. The molecule has 2 atom stereocenters. The zero-order chi connectivity index (χ0) is 18.7. The summed E-state index contributed by atoms with van der Waals surface area (Å²) in [5.41, 5.74) is -2.92. The molecule has 0 bridgehead atoms. The van der Waals surface area contributed by atoms with Crippen molar-refractivity contribution in [2.45, 2.75) is 12.3 Å². The van der Waals surface area contributed by atoms with Gasteiger partial charge in [0.25, 0.3) is 0 Å². The second-order valence-corrected chi connectivity index (χ2v) is 5.94. The molecule has 6 heteroatoms. The van der Waals surface area contributed by atoms with Gasteiger partial charge in [0.05, 0.1) is 26.4 Å². The van der Waals surface area contributed by atoms with Crippen LogP contribution in [-0.4, -0.2) is 26.2 Å². The number of hydrogen-bond acceptors (Lipinski definition) is 6. The molecule has 128 valence electrons. The predicted octanol–water partition coefficient (Wildman–Crippen LogP) is 2.34. The van der Waals surface area contributed by atoms with Crippen LogP contribution in [0.2, 0.25) is 0 Å². The smallest absolute Gasteiger partial charge is 0.323 e. The van der Waals surface area contributed by atoms with E-state index in [9.17, 15) is 20.1 Å². The second kappa shape index (κ2) is 6.78. The van der Waals surface area contributed by atoms with Gasteiger partial charge in [0.15, 0.2) is 10.8 Å². The van der Waals surface area contributed by atoms with E-state index in [2.05, 4.69) is 6.58 Å². The van der Waals surface area contributed by atoms with Gasteiger partial charge in [-0.1, -0.05) is 36.4 Å². The fourth-order valence-electron chi connectivity index (χ4n) is 3.86. The Kier molecular flexibility index (Phi) is 4.94. The minimum absolute atomic E-state index is 0.0868. The molecule has 1 aromatic carbocycles. The number of allylic oxidation sites excluding steroid dienone is 1. The number of nitrogens with zero attached hydrogens (tertiary/aromatic N) is 2. The molecule has 1 fully saturated rings. The molecule has 0 N–H and O–H groups in total. The van der Waals surface area contributed by atoms with Gasteiger partial charge in [0.1, 0.15) is 0 Å². The molecule has 1 saturated carbocycles. The van der Waals surface area contributed by atoms with Crippen LogP contribution < -0.4 is 0 Å². The molecule has 6 nitrogen and oxygen atoms in total. The Hall–Kier alpha value is -3.12. The van der Waals surface area contributed by atoms with E-state index >= 15 is 0 Å². The van der Waals surface area contributed by atoms with E-state index in [0.717, 1.165) is 14.2 Å². The topological polar surface area (TPSA) is 100 Å². The normalized spacial score (nSPS) is 22.9. The maximum atomic E-state index is 12.7. The van der Waals surface area contributed by atoms with Crippen LogP contribution in [0.4, 0.5) is 0 Å². The van der Waals surface area contributed by atoms with E-state index in [1.165, 1.54) is 6.08 Å². The Balaban J connectivity index is 2.89. The molecule has 0 amide bonds. The number of benzene rings is 1. The van der Waals surface area contributed by atoms with Gasteiger partial charge in [0, 0.05) is 11.8 Å². The summed E-state index contributed by atoms with van der Waals surface area (Å²) in [5, 5.41) is 19.7. The lowest BCUT2D eigenvalue weighted by Crippen LogP contribution is -2.46. The molecule has 1 aliphatic carbocycles. The highest BCUT2D eigenvalue weighted by Gasteiger charge is 2.71. The second-order valence-electron chi connectivity index (χ2n) is 5.94. The summed E-state index contributed by atoms with van der Waals surface area (Å²) in [6.45, 7) is 3.69. The van der Waals surface area contributed by atoms with Crippen molar-refractivity contribution >= 4 is 11.9 Å². The van der Waals surface area contributed by atoms with Gasteiger partial charge in [-0.3, -0.25) is 9.59 Å². The Morgan fingerprint density at radius 1 is 1.16 bits per heavy atom. The van der Waals surface area contributed by atoms with Gasteiger partial charge in [0.2, 0.25) is 0 Å². The lowest BCUT2D eigenvalue weighted by atomic mass is 9.65. The van der Waals surface area contributed by atoms with Gasteiger partial charge in [-0.2, -0.15) is 10.5 Å². The highest BCUT2D eigenvalue weighted by atomic mass is 16.5. The van der Waals surface area contributed by atoms with Crippen LogP contribution in [0.25, 0.3) is 0 Å². The number of hydrogen-bond donors (Lipinski definition) is 0. The standard InChI is InChI=1S/C19H18N2O4/c1-4-14-10-19(16(22)24-2,17(23)25-3)15(18(14,11-20)12-21)13-8-6-5-7-9-13/h4-9,14-15H,1,10H2,2-3H3. The SMILES string of the molecule is C=CC1CC(C(=O)OC)(C(=O)OC)C(c2ccccc2)C1(C#N)C#N. The van der Waals surface area contributed by atoms with Gasteiger partial charge in [-0.05, 0) is 12.0 Å². The van der Waals surface area contributed by atoms with Crippen LogP contribution in [-0.2, 0) is 19.1 Å². The third kappa shape index (κ3) is 2.38. The molecular formula is C19H18N2O4. The predicted molar refractivity (Wildman–Crippen MR) is 87.6 cm³/mol. The number of carbonyl (C=O) groups is 2. The Morgan fingerprint density at radius 3 is 2.08 bits per heavy atom. The van der Waals surface area contributed by atoms with E-state index in [1.54, 1.807) is 30.3 Å². The van der Waals surface area contributed by atoms with Crippen LogP contribution in [0.5, 0.6) is 0 Å². The quantitative estimate of drug-likeness (QED) is 0.474. The summed E-state index contributed by atoms with van der Waals surface area (Å²) in [4.78, 5) is 25.5. The van der Waals surface area contributed by atoms with Crippen molar-refractivity contribution in [3.05, 3.63) is 48.6 Å². The van der Waals surface area contributed by atoms with Crippen LogP contribution in [0.1, 0.15) is 17.9 Å². The maximum Gasteiger partial charge on any atom is 0.323 e. The zero-order valence-electron chi connectivity index (χ0n) is 14.1. The Labute approximate surface area is 146 Å². The van der Waals surface area contributed by atoms with E-state index in [1.807, 2.05) is 12.1 Å². The summed E-state index contributed by atoms with van der Waals surface area (Å²) in [7, 11) is 2.33. The number of ether oxygens (including phenoxy) is 2. The number of carbonyl (C=O) groups excluding carboxylic acids is 2. The summed E-state index contributed by atoms with van der Waals surface area (Å²) >= 11 is 0. The van der Waals surface area contributed by atoms with Crippen LogP contribution in [0, 0.1) is 39.4 Å². The highest BCUT2D eigenvalue weighted by molar-refractivity contribution is 6.02. The molecule has 0 saturated heterocycles. The molecule has 0 radical (unpaired) electrons. The first kappa shape index (κ1) is 18.2. The first-order chi connectivity index (χ1) is 12.0. The molecular weight excluding hydrogens is 320 g/mol. The lowest BCUT2D eigenvalue weighted by molar-refractivity contribution is -0.170. The van der Waals surface area contributed by atoms with Crippen molar-refractivity contribution in [1.29, 1.82) is 10.5 Å². The Morgan fingerprint density at radius 2 is 1.68 bits per heavy atom. The van der Waals surface area contributed by atoms with Gasteiger partial charge < -0.3 is 9.47 Å². The average Bonchev–Trinajstić information content (AvgIpc) is 2.98. The third-order valence-electron chi connectivity index (χ3n) is 4.96. The summed E-state index contributed by atoms with van der Waals surface area (Å²) < 4.78 is 9.79. The number of esters is 2. The number of nitriles is 2. The van der Waals surface area contributed by atoms with Crippen LogP contribution >= 0.6 is 0 Å². The molecule has 0 aliphatic heterocycles. The van der Waals surface area contributed by atoms with Gasteiger partial charge in [-0.15, -0.1) is 6.58 Å². The molecule has 1 aromatic rings. The third-order valence-corrected chi connectivity index (χ3v) is 4.96.